The largest absolute Gasteiger partial charge is 0.506 e. The molecule has 0 spiro atoms. The number of rotatable bonds is 4. The van der Waals surface area contributed by atoms with Crippen LogP contribution in [-0.4, -0.2) is 20.9 Å². The van der Waals surface area contributed by atoms with Gasteiger partial charge in [-0.2, -0.15) is 0 Å². The normalized spacial score (nSPS) is 10.8. The number of furan rings is 1. The summed E-state index contributed by atoms with van der Waals surface area (Å²) in [5.74, 6) is -0.496. The molecule has 0 fully saturated rings. The van der Waals surface area contributed by atoms with Gasteiger partial charge in [-0.25, -0.2) is 4.98 Å². The molecular formula is C18H11N3O5S. The summed E-state index contributed by atoms with van der Waals surface area (Å²) in [5.41, 5.74) is 0.506. The van der Waals surface area contributed by atoms with E-state index in [2.05, 4.69) is 10.3 Å². The van der Waals surface area contributed by atoms with Gasteiger partial charge in [0.15, 0.2) is 16.5 Å². The second-order valence-corrected chi connectivity index (χ2v) is 6.59. The highest BCUT2D eigenvalue weighted by atomic mass is 32.1. The maximum atomic E-state index is 12.4. The second-order valence-electron chi connectivity index (χ2n) is 5.56. The average molecular weight is 381 g/mol. The summed E-state index contributed by atoms with van der Waals surface area (Å²) in [6.07, 6.45) is 0. The number of phenolic OH excluding ortho intramolecular Hbond substituents is 1. The van der Waals surface area contributed by atoms with Crippen LogP contribution in [0.1, 0.15) is 10.6 Å². The van der Waals surface area contributed by atoms with E-state index < -0.39 is 10.8 Å². The SMILES string of the molecule is O=C(Nc1cc([N+](=O)[O-])ccc1O)c1ccc(-c2nc3ccccc3s2)o1. The predicted molar refractivity (Wildman–Crippen MR) is 100 cm³/mol. The van der Waals surface area contributed by atoms with Crippen molar-refractivity contribution in [2.75, 3.05) is 5.32 Å². The fourth-order valence-corrected chi connectivity index (χ4v) is 3.40. The number of para-hydroxylation sites is 1. The minimum atomic E-state index is -0.641. The van der Waals surface area contributed by atoms with E-state index in [-0.39, 0.29) is 22.9 Å². The number of nitro benzene ring substituents is 1. The lowest BCUT2D eigenvalue weighted by Gasteiger charge is -2.05. The molecule has 2 N–H and O–H groups in total. The van der Waals surface area contributed by atoms with Crippen LogP contribution < -0.4 is 5.32 Å². The number of amides is 1. The van der Waals surface area contributed by atoms with Gasteiger partial charge in [-0.05, 0) is 30.3 Å². The highest BCUT2D eigenvalue weighted by Crippen LogP contribution is 2.32. The Morgan fingerprint density at radius 3 is 2.78 bits per heavy atom. The molecule has 2 aromatic heterocycles. The Balaban J connectivity index is 1.59. The van der Waals surface area contributed by atoms with E-state index in [1.165, 1.54) is 17.4 Å². The summed E-state index contributed by atoms with van der Waals surface area (Å²) < 4.78 is 6.57. The first-order valence-electron chi connectivity index (χ1n) is 7.76. The minimum Gasteiger partial charge on any atom is -0.506 e. The van der Waals surface area contributed by atoms with Crippen LogP contribution >= 0.6 is 11.3 Å². The Morgan fingerprint density at radius 1 is 1.19 bits per heavy atom. The summed E-state index contributed by atoms with van der Waals surface area (Å²) in [6, 6.07) is 14.1. The van der Waals surface area contributed by atoms with Gasteiger partial charge in [0.25, 0.3) is 11.6 Å². The first-order valence-corrected chi connectivity index (χ1v) is 8.57. The van der Waals surface area contributed by atoms with Gasteiger partial charge in [0.1, 0.15) is 5.75 Å². The zero-order valence-corrected chi connectivity index (χ0v) is 14.4. The van der Waals surface area contributed by atoms with Gasteiger partial charge in [-0.3, -0.25) is 14.9 Å². The molecule has 8 nitrogen and oxygen atoms in total. The number of anilines is 1. The van der Waals surface area contributed by atoms with Crippen molar-refractivity contribution in [2.24, 2.45) is 0 Å². The first-order chi connectivity index (χ1) is 13.0. The van der Waals surface area contributed by atoms with Crippen LogP contribution in [0.2, 0.25) is 0 Å². The molecule has 4 aromatic rings. The van der Waals surface area contributed by atoms with Crippen molar-refractivity contribution in [2.45, 2.75) is 0 Å². The van der Waals surface area contributed by atoms with Gasteiger partial charge >= 0.3 is 0 Å². The average Bonchev–Trinajstić information content (AvgIpc) is 3.30. The molecule has 2 heterocycles. The number of nitrogens with one attached hydrogen (secondary N) is 1. The monoisotopic (exact) mass is 381 g/mol. The molecule has 4 rings (SSSR count). The molecule has 0 radical (unpaired) electrons. The molecule has 27 heavy (non-hydrogen) atoms. The molecule has 0 unspecified atom stereocenters. The molecule has 134 valence electrons. The van der Waals surface area contributed by atoms with E-state index in [1.807, 2.05) is 24.3 Å². The number of nitrogens with zero attached hydrogens (tertiary/aromatic N) is 2. The highest BCUT2D eigenvalue weighted by Gasteiger charge is 2.18. The Bertz CT molecular complexity index is 1150. The molecule has 2 aromatic carbocycles. The van der Waals surface area contributed by atoms with Gasteiger partial charge in [0.2, 0.25) is 0 Å². The molecule has 0 aliphatic rings. The van der Waals surface area contributed by atoms with Gasteiger partial charge in [-0.1, -0.05) is 12.1 Å². The third-order valence-electron chi connectivity index (χ3n) is 3.77. The van der Waals surface area contributed by atoms with Crippen molar-refractivity contribution in [1.82, 2.24) is 4.98 Å². The lowest BCUT2D eigenvalue weighted by atomic mass is 10.2. The van der Waals surface area contributed by atoms with Gasteiger partial charge in [-0.15, -0.1) is 11.3 Å². The summed E-state index contributed by atoms with van der Waals surface area (Å²) in [5, 5.41) is 23.7. The van der Waals surface area contributed by atoms with E-state index in [1.54, 1.807) is 6.07 Å². The zero-order valence-electron chi connectivity index (χ0n) is 13.6. The van der Waals surface area contributed by atoms with Crippen LogP contribution in [0.3, 0.4) is 0 Å². The van der Waals surface area contributed by atoms with E-state index in [4.69, 9.17) is 4.42 Å². The number of carbonyl (C=O) groups is 1. The molecule has 9 heteroatoms. The third kappa shape index (κ3) is 3.23. The maximum absolute atomic E-state index is 12.4. The van der Waals surface area contributed by atoms with Crippen LogP contribution in [0.4, 0.5) is 11.4 Å². The quantitative estimate of drug-likeness (QED) is 0.307. The molecule has 0 saturated heterocycles. The van der Waals surface area contributed by atoms with Crippen LogP contribution in [0.25, 0.3) is 21.0 Å². The Morgan fingerprint density at radius 2 is 2.00 bits per heavy atom. The number of aromatic nitrogens is 1. The standard InChI is InChI=1S/C18H11N3O5S/c22-13-6-5-10(21(24)25)9-12(13)19-17(23)14-7-8-15(26-14)18-20-11-3-1-2-4-16(11)27-18/h1-9,22H,(H,19,23). The summed E-state index contributed by atoms with van der Waals surface area (Å²) in [7, 11) is 0. The van der Waals surface area contributed by atoms with Crippen molar-refractivity contribution >= 4 is 38.8 Å². The second kappa shape index (κ2) is 6.54. The van der Waals surface area contributed by atoms with Crippen LogP contribution in [0.5, 0.6) is 5.75 Å². The zero-order chi connectivity index (χ0) is 19.0. The smallest absolute Gasteiger partial charge is 0.291 e. The first kappa shape index (κ1) is 16.7. The van der Waals surface area contributed by atoms with Crippen LogP contribution in [-0.2, 0) is 0 Å². The Kier molecular flexibility index (Phi) is 4.05. The number of benzene rings is 2. The van der Waals surface area contributed by atoms with Gasteiger partial charge in [0.05, 0.1) is 20.8 Å². The number of thiazole rings is 1. The number of hydrogen-bond donors (Lipinski definition) is 2. The maximum Gasteiger partial charge on any atom is 0.291 e. The number of carbonyl (C=O) groups excluding carboxylic acids is 1. The number of phenols is 1. The molecular weight excluding hydrogens is 370 g/mol. The van der Waals surface area contributed by atoms with E-state index in [0.29, 0.717) is 10.8 Å². The van der Waals surface area contributed by atoms with Crippen molar-refractivity contribution in [3.63, 3.8) is 0 Å². The van der Waals surface area contributed by atoms with Crippen LogP contribution in [0.15, 0.2) is 59.0 Å². The third-order valence-corrected chi connectivity index (χ3v) is 4.82. The summed E-state index contributed by atoms with van der Waals surface area (Å²) in [4.78, 5) is 27.0. The van der Waals surface area contributed by atoms with Gasteiger partial charge < -0.3 is 14.8 Å². The van der Waals surface area contributed by atoms with Crippen molar-refractivity contribution in [3.8, 4) is 16.5 Å². The number of aromatic hydroxyl groups is 1. The predicted octanol–water partition coefficient (Wildman–Crippen LogP) is 4.42. The number of nitro groups is 1. The van der Waals surface area contributed by atoms with Crippen LogP contribution in [0, 0.1) is 10.1 Å². The summed E-state index contributed by atoms with van der Waals surface area (Å²) >= 11 is 1.44. The van der Waals surface area contributed by atoms with Gasteiger partial charge in [0, 0.05) is 12.1 Å². The van der Waals surface area contributed by atoms with Crippen molar-refractivity contribution in [1.29, 1.82) is 0 Å². The molecule has 1 amide bonds. The molecule has 0 saturated carbocycles. The fourth-order valence-electron chi connectivity index (χ4n) is 2.47. The van der Waals surface area contributed by atoms with Crippen molar-refractivity contribution < 1.29 is 19.2 Å². The van der Waals surface area contributed by atoms with E-state index in [0.717, 1.165) is 28.4 Å². The van der Waals surface area contributed by atoms with E-state index in [9.17, 15) is 20.0 Å². The van der Waals surface area contributed by atoms with E-state index >= 15 is 0 Å². The molecule has 0 aliphatic heterocycles. The lowest BCUT2D eigenvalue weighted by Crippen LogP contribution is -2.11. The topological polar surface area (TPSA) is 118 Å². The Hall–Kier alpha value is -3.72. The van der Waals surface area contributed by atoms with Crippen molar-refractivity contribution in [3.05, 3.63) is 70.5 Å². The molecule has 0 aliphatic carbocycles. The lowest BCUT2D eigenvalue weighted by molar-refractivity contribution is -0.384. The minimum absolute atomic E-state index is 0.00448. The highest BCUT2D eigenvalue weighted by molar-refractivity contribution is 7.21. The fraction of sp³-hybridized carbons (Fsp3) is 0. The summed E-state index contributed by atoms with van der Waals surface area (Å²) in [6.45, 7) is 0. The number of hydrogen-bond acceptors (Lipinski definition) is 7. The molecule has 0 bridgehead atoms. The molecule has 0 atom stereocenters. The Labute approximate surface area is 155 Å². The number of non-ortho nitro benzene ring substituents is 1. The number of fused-ring (bicyclic) bond motifs is 1.